The Bertz CT molecular complexity index is 508. The van der Waals surface area contributed by atoms with E-state index in [2.05, 4.69) is 5.32 Å². The number of piperazine rings is 1. The van der Waals surface area contributed by atoms with E-state index >= 15 is 0 Å². The quantitative estimate of drug-likeness (QED) is 0.844. The number of hydrogen-bond donors (Lipinski definition) is 1. The maximum absolute atomic E-state index is 12.1. The topological polar surface area (TPSA) is 52.7 Å². The lowest BCUT2D eigenvalue weighted by Crippen LogP contribution is -2.49. The minimum atomic E-state index is -0.304. The van der Waals surface area contributed by atoms with E-state index in [-0.39, 0.29) is 16.1 Å². The summed E-state index contributed by atoms with van der Waals surface area (Å²) < 4.78 is 0. The fourth-order valence-corrected chi connectivity index (χ4v) is 2.79. The first-order chi connectivity index (χ1) is 9.51. The van der Waals surface area contributed by atoms with Crippen LogP contribution >= 0.6 is 34.8 Å². The molecule has 0 atom stereocenters. The first-order valence-electron chi connectivity index (χ1n) is 5.91. The zero-order valence-electron chi connectivity index (χ0n) is 10.4. The smallest absolute Gasteiger partial charge is 0.322 e. The van der Waals surface area contributed by atoms with E-state index < -0.39 is 0 Å². The first-order valence-corrected chi connectivity index (χ1v) is 7.04. The number of anilines is 1. The van der Waals surface area contributed by atoms with Gasteiger partial charge in [0.2, 0.25) is 6.41 Å². The molecule has 0 bridgehead atoms. The number of carbonyl (C=O) groups excluding carboxylic acids is 2. The van der Waals surface area contributed by atoms with E-state index in [4.69, 9.17) is 34.8 Å². The molecule has 1 aliphatic rings. The fraction of sp³-hybridized carbons (Fsp3) is 0.333. The Balaban J connectivity index is 2.04. The van der Waals surface area contributed by atoms with Crippen molar-refractivity contribution < 1.29 is 9.59 Å². The summed E-state index contributed by atoms with van der Waals surface area (Å²) >= 11 is 17.8. The fourth-order valence-electron chi connectivity index (χ4n) is 1.88. The van der Waals surface area contributed by atoms with Gasteiger partial charge in [0.15, 0.2) is 0 Å². The molecule has 5 nitrogen and oxygen atoms in total. The van der Waals surface area contributed by atoms with Crippen molar-refractivity contribution in [2.75, 3.05) is 31.5 Å². The Morgan fingerprint density at radius 3 is 2.15 bits per heavy atom. The summed E-state index contributed by atoms with van der Waals surface area (Å²) in [6, 6.07) is 2.71. The molecule has 0 unspecified atom stereocenters. The van der Waals surface area contributed by atoms with Crippen molar-refractivity contribution >= 4 is 52.9 Å². The highest BCUT2D eigenvalue weighted by Gasteiger charge is 2.21. The largest absolute Gasteiger partial charge is 0.342 e. The highest BCUT2D eigenvalue weighted by atomic mass is 35.5. The predicted octanol–water partition coefficient (Wildman–Crippen LogP) is 2.95. The van der Waals surface area contributed by atoms with Gasteiger partial charge < -0.3 is 15.1 Å². The van der Waals surface area contributed by atoms with Crippen molar-refractivity contribution in [2.24, 2.45) is 0 Å². The lowest BCUT2D eigenvalue weighted by Gasteiger charge is -2.32. The van der Waals surface area contributed by atoms with Crippen LogP contribution in [-0.2, 0) is 4.79 Å². The second-order valence-corrected chi connectivity index (χ2v) is 5.55. The summed E-state index contributed by atoms with van der Waals surface area (Å²) in [5.41, 5.74) is 0.334. The molecule has 1 aliphatic heterocycles. The molecule has 1 aromatic carbocycles. The molecule has 2 rings (SSSR count). The van der Waals surface area contributed by atoms with Gasteiger partial charge in [0.25, 0.3) is 0 Å². The van der Waals surface area contributed by atoms with E-state index in [1.165, 1.54) is 12.1 Å². The van der Waals surface area contributed by atoms with E-state index in [1.807, 2.05) is 0 Å². The van der Waals surface area contributed by atoms with Crippen LogP contribution in [0, 0.1) is 0 Å². The van der Waals surface area contributed by atoms with Crippen molar-refractivity contribution in [1.82, 2.24) is 9.80 Å². The van der Waals surface area contributed by atoms with Crippen LogP contribution in [0.4, 0.5) is 10.5 Å². The number of benzene rings is 1. The third kappa shape index (κ3) is 3.48. The molecule has 1 fully saturated rings. The van der Waals surface area contributed by atoms with Crippen molar-refractivity contribution in [3.8, 4) is 0 Å². The third-order valence-electron chi connectivity index (χ3n) is 2.99. The third-order valence-corrected chi connectivity index (χ3v) is 3.80. The van der Waals surface area contributed by atoms with Gasteiger partial charge >= 0.3 is 6.03 Å². The van der Waals surface area contributed by atoms with E-state index in [0.717, 1.165) is 6.41 Å². The summed E-state index contributed by atoms with van der Waals surface area (Å²) in [6.07, 6.45) is 0.780. The van der Waals surface area contributed by atoms with Crippen LogP contribution in [-0.4, -0.2) is 48.4 Å². The van der Waals surface area contributed by atoms with Gasteiger partial charge in [-0.05, 0) is 12.1 Å². The van der Waals surface area contributed by atoms with E-state index in [9.17, 15) is 9.59 Å². The SMILES string of the molecule is O=CN1CCN(C(=O)Nc2c(Cl)cc(Cl)cc2Cl)CC1. The normalized spacial score (nSPS) is 15.2. The Hall–Kier alpha value is -1.17. The average molecular weight is 337 g/mol. The summed E-state index contributed by atoms with van der Waals surface area (Å²) in [5, 5.41) is 3.63. The van der Waals surface area contributed by atoms with E-state index in [1.54, 1.807) is 9.80 Å². The van der Waals surface area contributed by atoms with Gasteiger partial charge in [0.1, 0.15) is 0 Å². The molecule has 0 saturated carbocycles. The number of carbonyl (C=O) groups is 2. The minimum absolute atomic E-state index is 0.280. The standard InChI is InChI=1S/C12H12Cl3N3O2/c13-8-5-9(14)11(10(15)6-8)16-12(20)18-3-1-17(7-19)2-4-18/h5-7H,1-4H2,(H,16,20). The van der Waals surface area contributed by atoms with Crippen molar-refractivity contribution in [3.63, 3.8) is 0 Å². The van der Waals surface area contributed by atoms with Crippen LogP contribution in [0.1, 0.15) is 0 Å². The molecule has 20 heavy (non-hydrogen) atoms. The molecule has 0 aliphatic carbocycles. The Kier molecular flexibility index (Phi) is 4.96. The number of halogens is 3. The summed E-state index contributed by atoms with van der Waals surface area (Å²) in [4.78, 5) is 25.9. The summed E-state index contributed by atoms with van der Waals surface area (Å²) in [5.74, 6) is 0. The van der Waals surface area contributed by atoms with Gasteiger partial charge in [0, 0.05) is 31.2 Å². The van der Waals surface area contributed by atoms with Crippen molar-refractivity contribution in [1.29, 1.82) is 0 Å². The zero-order valence-corrected chi connectivity index (χ0v) is 12.7. The van der Waals surface area contributed by atoms with Crippen LogP contribution in [0.2, 0.25) is 15.1 Å². The van der Waals surface area contributed by atoms with Crippen LogP contribution in [0.25, 0.3) is 0 Å². The van der Waals surface area contributed by atoms with Gasteiger partial charge in [-0.3, -0.25) is 4.79 Å². The number of amides is 3. The molecular formula is C12H12Cl3N3O2. The Morgan fingerprint density at radius 1 is 1.10 bits per heavy atom. The monoisotopic (exact) mass is 335 g/mol. The molecule has 0 spiro atoms. The van der Waals surface area contributed by atoms with Crippen LogP contribution < -0.4 is 5.32 Å². The molecule has 1 heterocycles. The number of rotatable bonds is 2. The van der Waals surface area contributed by atoms with Gasteiger partial charge in [-0.25, -0.2) is 4.79 Å². The number of nitrogens with one attached hydrogen (secondary N) is 1. The summed E-state index contributed by atoms with van der Waals surface area (Å²) in [7, 11) is 0. The minimum Gasteiger partial charge on any atom is -0.342 e. The highest BCUT2D eigenvalue weighted by Crippen LogP contribution is 2.33. The lowest BCUT2D eigenvalue weighted by atomic mass is 10.3. The van der Waals surface area contributed by atoms with Crippen molar-refractivity contribution in [3.05, 3.63) is 27.2 Å². The lowest BCUT2D eigenvalue weighted by molar-refractivity contribution is -0.119. The maximum atomic E-state index is 12.1. The first kappa shape index (κ1) is 15.2. The average Bonchev–Trinajstić information content (AvgIpc) is 2.42. The second-order valence-electron chi connectivity index (χ2n) is 4.30. The Labute approximate surface area is 131 Å². The van der Waals surface area contributed by atoms with Crippen LogP contribution in [0.5, 0.6) is 0 Å². The van der Waals surface area contributed by atoms with Crippen LogP contribution in [0.15, 0.2) is 12.1 Å². The summed E-state index contributed by atoms with van der Waals surface area (Å²) in [6.45, 7) is 1.96. The molecule has 3 amide bonds. The molecule has 1 N–H and O–H groups in total. The number of nitrogens with zero attached hydrogens (tertiary/aromatic N) is 2. The predicted molar refractivity (Wildman–Crippen MR) is 79.7 cm³/mol. The Morgan fingerprint density at radius 2 is 1.65 bits per heavy atom. The highest BCUT2D eigenvalue weighted by molar-refractivity contribution is 6.42. The second kappa shape index (κ2) is 6.52. The molecular weight excluding hydrogens is 325 g/mol. The zero-order chi connectivity index (χ0) is 14.7. The van der Waals surface area contributed by atoms with Crippen molar-refractivity contribution in [2.45, 2.75) is 0 Å². The molecule has 8 heteroatoms. The van der Waals surface area contributed by atoms with E-state index in [0.29, 0.717) is 36.9 Å². The van der Waals surface area contributed by atoms with Gasteiger partial charge in [0.05, 0.1) is 15.7 Å². The number of hydrogen-bond acceptors (Lipinski definition) is 2. The van der Waals surface area contributed by atoms with Crippen LogP contribution in [0.3, 0.4) is 0 Å². The van der Waals surface area contributed by atoms with Gasteiger partial charge in [-0.2, -0.15) is 0 Å². The van der Waals surface area contributed by atoms with Gasteiger partial charge in [-0.15, -0.1) is 0 Å². The molecule has 0 radical (unpaired) electrons. The molecule has 108 valence electrons. The molecule has 1 aromatic rings. The van der Waals surface area contributed by atoms with Gasteiger partial charge in [-0.1, -0.05) is 34.8 Å². The maximum Gasteiger partial charge on any atom is 0.322 e. The number of urea groups is 1. The molecule has 1 saturated heterocycles. The molecule has 0 aromatic heterocycles.